The van der Waals surface area contributed by atoms with Gasteiger partial charge in [0.1, 0.15) is 5.60 Å². The van der Waals surface area contributed by atoms with E-state index in [0.29, 0.717) is 13.1 Å². The summed E-state index contributed by atoms with van der Waals surface area (Å²) in [5.41, 5.74) is -1.05. The molecule has 2 fully saturated rings. The Morgan fingerprint density at radius 2 is 1.76 bits per heavy atom. The van der Waals surface area contributed by atoms with Crippen molar-refractivity contribution in [3.05, 3.63) is 0 Å². The number of fused-ring (bicyclic) bond motifs is 2. The van der Waals surface area contributed by atoms with Crippen LogP contribution in [0, 0.1) is 11.8 Å². The molecule has 1 saturated heterocycles. The highest BCUT2D eigenvalue weighted by molar-refractivity contribution is 5.68. The second-order valence-corrected chi connectivity index (χ2v) is 6.58. The maximum Gasteiger partial charge on any atom is 0.410 e. The van der Waals surface area contributed by atoms with Crippen LogP contribution in [0.3, 0.4) is 0 Å². The third-order valence-corrected chi connectivity index (χ3v) is 4.05. The monoisotopic (exact) mass is 241 g/mol. The minimum atomic E-state index is -0.599. The van der Waals surface area contributed by atoms with Crippen LogP contribution in [0.5, 0.6) is 0 Å². The predicted octanol–water partition coefficient (Wildman–Crippen LogP) is 2.01. The third-order valence-electron chi connectivity index (χ3n) is 4.05. The van der Waals surface area contributed by atoms with E-state index in [1.54, 1.807) is 4.90 Å². The van der Waals surface area contributed by atoms with E-state index >= 15 is 0 Å². The van der Waals surface area contributed by atoms with E-state index in [9.17, 15) is 9.90 Å². The Morgan fingerprint density at radius 3 is 2.18 bits per heavy atom. The summed E-state index contributed by atoms with van der Waals surface area (Å²) in [6.07, 6.45) is 1.78. The van der Waals surface area contributed by atoms with Gasteiger partial charge in [-0.25, -0.2) is 4.79 Å². The van der Waals surface area contributed by atoms with Gasteiger partial charge in [-0.3, -0.25) is 0 Å². The first-order valence-electron chi connectivity index (χ1n) is 6.40. The standard InChI is InChI=1S/C13H23NO3/c1-12(2,3)17-11(15)14-7-9-5-6-10(8-14)13(9,4)16/h9-10,16H,5-8H2,1-4H3. The molecular formula is C13H23NO3. The Morgan fingerprint density at radius 1 is 1.29 bits per heavy atom. The highest BCUT2D eigenvalue weighted by Crippen LogP contribution is 2.44. The number of rotatable bonds is 0. The van der Waals surface area contributed by atoms with Crippen molar-refractivity contribution < 1.29 is 14.6 Å². The van der Waals surface area contributed by atoms with E-state index in [2.05, 4.69) is 0 Å². The van der Waals surface area contributed by atoms with E-state index in [-0.39, 0.29) is 17.9 Å². The lowest BCUT2D eigenvalue weighted by Crippen LogP contribution is -2.54. The van der Waals surface area contributed by atoms with Crippen LogP contribution in [0.15, 0.2) is 0 Å². The maximum atomic E-state index is 12.0. The Labute approximate surface area is 103 Å². The molecule has 4 heteroatoms. The lowest BCUT2D eigenvalue weighted by molar-refractivity contribution is -0.0715. The van der Waals surface area contributed by atoms with E-state index in [4.69, 9.17) is 4.74 Å². The highest BCUT2D eigenvalue weighted by Gasteiger charge is 2.51. The molecule has 2 aliphatic rings. The van der Waals surface area contributed by atoms with Gasteiger partial charge < -0.3 is 14.7 Å². The number of piperidine rings is 1. The topological polar surface area (TPSA) is 49.8 Å². The molecular weight excluding hydrogens is 218 g/mol. The molecule has 4 nitrogen and oxygen atoms in total. The number of carbonyl (C=O) groups is 1. The van der Waals surface area contributed by atoms with Gasteiger partial charge in [0.25, 0.3) is 0 Å². The molecule has 98 valence electrons. The minimum Gasteiger partial charge on any atom is -0.444 e. The smallest absolute Gasteiger partial charge is 0.410 e. The zero-order valence-corrected chi connectivity index (χ0v) is 11.2. The first kappa shape index (κ1) is 12.7. The lowest BCUT2D eigenvalue weighted by atomic mass is 9.82. The summed E-state index contributed by atoms with van der Waals surface area (Å²) < 4.78 is 5.38. The molecule has 1 aliphatic heterocycles. The zero-order chi connectivity index (χ0) is 12.8. The second-order valence-electron chi connectivity index (χ2n) is 6.58. The number of hydrogen-bond acceptors (Lipinski definition) is 3. The van der Waals surface area contributed by atoms with Gasteiger partial charge in [0.2, 0.25) is 0 Å². The number of ether oxygens (including phenoxy) is 1. The van der Waals surface area contributed by atoms with Crippen LogP contribution in [0.25, 0.3) is 0 Å². The molecule has 1 heterocycles. The summed E-state index contributed by atoms with van der Waals surface area (Å²) in [5.74, 6) is 0.405. The van der Waals surface area contributed by atoms with Crippen molar-refractivity contribution in [3.63, 3.8) is 0 Å². The van der Waals surface area contributed by atoms with Crippen molar-refractivity contribution in [2.45, 2.75) is 51.7 Å². The average Bonchev–Trinajstić information content (AvgIpc) is 2.37. The molecule has 2 bridgehead atoms. The van der Waals surface area contributed by atoms with Crippen molar-refractivity contribution in [2.75, 3.05) is 13.1 Å². The summed E-state index contributed by atoms with van der Waals surface area (Å²) in [6.45, 7) is 8.78. The normalized spacial score (nSPS) is 37.1. The van der Waals surface area contributed by atoms with Crippen LogP contribution in [0.4, 0.5) is 4.79 Å². The number of aliphatic hydroxyl groups is 1. The molecule has 0 aromatic rings. The minimum absolute atomic E-state index is 0.203. The number of likely N-dealkylation sites (tertiary alicyclic amines) is 1. The number of hydrogen-bond donors (Lipinski definition) is 1. The summed E-state index contributed by atoms with van der Waals surface area (Å²) in [5, 5.41) is 10.3. The zero-order valence-electron chi connectivity index (χ0n) is 11.2. The van der Waals surface area contributed by atoms with Gasteiger partial charge in [-0.1, -0.05) is 0 Å². The summed E-state index contributed by atoms with van der Waals surface area (Å²) in [4.78, 5) is 13.7. The first-order valence-corrected chi connectivity index (χ1v) is 6.40. The van der Waals surface area contributed by atoms with E-state index in [1.807, 2.05) is 27.7 Å². The van der Waals surface area contributed by atoms with Crippen LogP contribution in [0.2, 0.25) is 0 Å². The quantitative estimate of drug-likeness (QED) is 0.706. The number of amides is 1. The number of nitrogens with zero attached hydrogens (tertiary/aromatic N) is 1. The van der Waals surface area contributed by atoms with E-state index in [0.717, 1.165) is 12.8 Å². The molecule has 17 heavy (non-hydrogen) atoms. The average molecular weight is 241 g/mol. The largest absolute Gasteiger partial charge is 0.444 e. The summed E-state index contributed by atoms with van der Waals surface area (Å²) in [7, 11) is 0. The number of carbonyl (C=O) groups excluding carboxylic acids is 1. The van der Waals surface area contributed by atoms with Crippen LogP contribution < -0.4 is 0 Å². The molecule has 0 aromatic carbocycles. The fourth-order valence-electron chi connectivity index (χ4n) is 2.95. The molecule has 0 aromatic heterocycles. The third kappa shape index (κ3) is 2.41. The van der Waals surface area contributed by atoms with Gasteiger partial charge in [0.15, 0.2) is 0 Å². The molecule has 1 saturated carbocycles. The van der Waals surface area contributed by atoms with Gasteiger partial charge in [0.05, 0.1) is 5.60 Å². The predicted molar refractivity (Wildman–Crippen MR) is 64.6 cm³/mol. The Kier molecular flexibility index (Phi) is 2.89. The molecule has 2 rings (SSSR count). The van der Waals surface area contributed by atoms with Gasteiger partial charge in [0, 0.05) is 24.9 Å². The fourth-order valence-corrected chi connectivity index (χ4v) is 2.95. The first-order chi connectivity index (χ1) is 7.70. The van der Waals surface area contributed by atoms with Crippen LogP contribution >= 0.6 is 0 Å². The Hall–Kier alpha value is -0.770. The molecule has 0 spiro atoms. The second kappa shape index (κ2) is 3.87. The summed E-state index contributed by atoms with van der Waals surface area (Å²) >= 11 is 0. The molecule has 0 radical (unpaired) electrons. The van der Waals surface area contributed by atoms with Crippen molar-refractivity contribution >= 4 is 6.09 Å². The van der Waals surface area contributed by atoms with Gasteiger partial charge in [-0.2, -0.15) is 0 Å². The van der Waals surface area contributed by atoms with Gasteiger partial charge in [-0.15, -0.1) is 0 Å². The molecule has 1 aliphatic carbocycles. The van der Waals surface area contributed by atoms with E-state index < -0.39 is 11.2 Å². The van der Waals surface area contributed by atoms with Crippen molar-refractivity contribution in [1.29, 1.82) is 0 Å². The van der Waals surface area contributed by atoms with Gasteiger partial charge in [-0.05, 0) is 40.5 Å². The molecule has 1 amide bonds. The summed E-state index contributed by atoms with van der Waals surface area (Å²) in [6, 6.07) is 0. The van der Waals surface area contributed by atoms with Crippen LogP contribution in [-0.2, 0) is 4.74 Å². The Balaban J connectivity index is 2.01. The van der Waals surface area contributed by atoms with Crippen molar-refractivity contribution in [3.8, 4) is 0 Å². The Bertz CT molecular complexity index is 303. The van der Waals surface area contributed by atoms with E-state index in [1.165, 1.54) is 0 Å². The molecule has 2 unspecified atom stereocenters. The molecule has 1 N–H and O–H groups in total. The van der Waals surface area contributed by atoms with Crippen molar-refractivity contribution in [1.82, 2.24) is 4.90 Å². The van der Waals surface area contributed by atoms with Gasteiger partial charge >= 0.3 is 6.09 Å². The van der Waals surface area contributed by atoms with Crippen molar-refractivity contribution in [2.24, 2.45) is 11.8 Å². The SMILES string of the molecule is CC(C)(C)OC(=O)N1CC2CCC(C1)C2(C)O. The fraction of sp³-hybridized carbons (Fsp3) is 0.923. The van der Waals surface area contributed by atoms with Crippen LogP contribution in [-0.4, -0.2) is 40.4 Å². The molecule has 2 atom stereocenters. The maximum absolute atomic E-state index is 12.0. The lowest BCUT2D eigenvalue weighted by Gasteiger charge is -2.42. The highest BCUT2D eigenvalue weighted by atomic mass is 16.6. The van der Waals surface area contributed by atoms with Crippen LogP contribution in [0.1, 0.15) is 40.5 Å².